The van der Waals surface area contributed by atoms with E-state index < -0.39 is 24.1 Å². The van der Waals surface area contributed by atoms with Crippen molar-refractivity contribution in [2.24, 2.45) is 0 Å². The summed E-state index contributed by atoms with van der Waals surface area (Å²) in [4.78, 5) is 20.8. The molecule has 0 saturated carbocycles. The van der Waals surface area contributed by atoms with E-state index in [1.807, 2.05) is 36.4 Å². The quantitative estimate of drug-likeness (QED) is 0.258. The molecule has 0 radical (unpaired) electrons. The van der Waals surface area contributed by atoms with E-state index >= 15 is 0 Å². The summed E-state index contributed by atoms with van der Waals surface area (Å²) < 4.78 is 43.7. The summed E-state index contributed by atoms with van der Waals surface area (Å²) in [6.07, 6.45) is -1.23. The lowest BCUT2D eigenvalue weighted by molar-refractivity contribution is -0.274. The number of para-hydroxylation sites is 1. The number of nitriles is 1. The van der Waals surface area contributed by atoms with E-state index in [0.717, 1.165) is 33.4 Å². The molecule has 0 spiro atoms. The molecular formula is C29H21F3N4O2. The number of amides is 1. The van der Waals surface area contributed by atoms with Gasteiger partial charge in [-0.05, 0) is 59.5 Å². The largest absolute Gasteiger partial charge is 0.573 e. The second kappa shape index (κ2) is 10.3. The van der Waals surface area contributed by atoms with E-state index in [4.69, 9.17) is 0 Å². The van der Waals surface area contributed by atoms with Crippen molar-refractivity contribution in [2.75, 3.05) is 0 Å². The number of rotatable bonds is 7. The summed E-state index contributed by atoms with van der Waals surface area (Å²) in [5.74, 6) is -1.39. The minimum atomic E-state index is -4.98. The lowest BCUT2D eigenvalue weighted by Gasteiger charge is -2.19. The van der Waals surface area contributed by atoms with Crippen molar-refractivity contribution in [1.29, 1.82) is 5.26 Å². The van der Waals surface area contributed by atoms with Crippen molar-refractivity contribution in [1.82, 2.24) is 15.3 Å². The van der Waals surface area contributed by atoms with Gasteiger partial charge in [-0.15, -0.1) is 13.2 Å². The van der Waals surface area contributed by atoms with Crippen LogP contribution in [-0.4, -0.2) is 28.3 Å². The number of hydrogen-bond acceptors (Lipinski definition) is 4. The molecule has 9 heteroatoms. The topological polar surface area (TPSA) is 90.8 Å². The maximum atomic E-state index is 13.3. The summed E-state index contributed by atoms with van der Waals surface area (Å²) >= 11 is 0. The Morgan fingerprint density at radius 2 is 1.84 bits per heavy atom. The molecule has 5 rings (SSSR count). The molecule has 2 aromatic heterocycles. The number of pyridine rings is 1. The first-order chi connectivity index (χ1) is 18.3. The highest BCUT2D eigenvalue weighted by Gasteiger charge is 2.33. The van der Waals surface area contributed by atoms with Crippen LogP contribution in [0.1, 0.15) is 22.3 Å². The summed E-state index contributed by atoms with van der Waals surface area (Å²) in [6, 6.07) is 22.1. The summed E-state index contributed by atoms with van der Waals surface area (Å²) in [7, 11) is 0. The van der Waals surface area contributed by atoms with Gasteiger partial charge < -0.3 is 15.0 Å². The third-order valence-corrected chi connectivity index (χ3v) is 6.20. The van der Waals surface area contributed by atoms with E-state index in [-0.39, 0.29) is 12.0 Å². The second-order valence-corrected chi connectivity index (χ2v) is 8.77. The van der Waals surface area contributed by atoms with Gasteiger partial charge in [0.2, 0.25) is 0 Å². The van der Waals surface area contributed by atoms with Gasteiger partial charge in [0.15, 0.2) is 0 Å². The molecule has 2 N–H and O–H groups in total. The molecule has 0 aliphatic rings. The lowest BCUT2D eigenvalue weighted by Crippen LogP contribution is -2.36. The summed E-state index contributed by atoms with van der Waals surface area (Å²) in [5.41, 5.74) is 3.50. The summed E-state index contributed by atoms with van der Waals surface area (Å²) in [6.45, 7) is 0. The third-order valence-electron chi connectivity index (χ3n) is 6.20. The molecule has 0 aliphatic carbocycles. The molecule has 0 saturated heterocycles. The maximum Gasteiger partial charge on any atom is 0.573 e. The molecule has 1 unspecified atom stereocenters. The van der Waals surface area contributed by atoms with Crippen LogP contribution in [0.4, 0.5) is 13.2 Å². The highest BCUT2D eigenvalue weighted by molar-refractivity contribution is 5.99. The molecule has 1 atom stereocenters. The molecule has 1 amide bonds. The van der Waals surface area contributed by atoms with Crippen molar-refractivity contribution < 1.29 is 22.7 Å². The lowest BCUT2D eigenvalue weighted by atomic mass is 9.99. The number of fused-ring (bicyclic) bond motifs is 2. The van der Waals surface area contributed by atoms with Gasteiger partial charge in [-0.25, -0.2) is 0 Å². The van der Waals surface area contributed by atoms with Crippen LogP contribution in [0.3, 0.4) is 0 Å². The fourth-order valence-electron chi connectivity index (χ4n) is 4.47. The van der Waals surface area contributed by atoms with Crippen LogP contribution >= 0.6 is 0 Å². The molecule has 2 heterocycles. The van der Waals surface area contributed by atoms with E-state index in [1.165, 1.54) is 12.1 Å². The number of aromatic amines is 1. The third kappa shape index (κ3) is 5.44. The monoisotopic (exact) mass is 514 g/mol. The Hall–Kier alpha value is -4.84. The van der Waals surface area contributed by atoms with E-state index in [1.54, 1.807) is 30.6 Å². The fraction of sp³-hybridized carbons (Fsp3) is 0.138. The number of ether oxygens (including phenoxy) is 1. The zero-order valence-electron chi connectivity index (χ0n) is 19.9. The molecule has 0 bridgehead atoms. The average Bonchev–Trinajstić information content (AvgIpc) is 3.30. The molecule has 190 valence electrons. The predicted molar refractivity (Wildman–Crippen MR) is 137 cm³/mol. The van der Waals surface area contributed by atoms with Gasteiger partial charge in [-0.3, -0.25) is 9.78 Å². The molecule has 0 aliphatic heterocycles. The van der Waals surface area contributed by atoms with Crippen LogP contribution in [0.15, 0.2) is 85.2 Å². The van der Waals surface area contributed by atoms with E-state index in [0.29, 0.717) is 17.5 Å². The van der Waals surface area contributed by atoms with Crippen LogP contribution < -0.4 is 10.1 Å². The standard InChI is InChI=1S/C29H21F3N4O2/c30-29(31,32)38-27-10-8-19(18-7-9-25-20(14-18)4-3-13-34-25)16-24(27)28(37)36-22(11-12-33)15-21-17-35-26-6-2-1-5-23(21)26/h1-10,13-14,16-17,22,35H,11,15H2,(H,36,37). The molecule has 38 heavy (non-hydrogen) atoms. The summed E-state index contributed by atoms with van der Waals surface area (Å²) in [5, 5.41) is 13.9. The van der Waals surface area contributed by atoms with Crippen LogP contribution in [0.2, 0.25) is 0 Å². The minimum Gasteiger partial charge on any atom is -0.405 e. The number of nitrogens with one attached hydrogen (secondary N) is 2. The Labute approximate surface area is 215 Å². The Kier molecular flexibility index (Phi) is 6.71. The second-order valence-electron chi connectivity index (χ2n) is 8.77. The number of nitrogens with zero attached hydrogens (tertiary/aromatic N) is 2. The smallest absolute Gasteiger partial charge is 0.405 e. The average molecular weight is 515 g/mol. The minimum absolute atomic E-state index is 0.0297. The molecule has 5 aromatic rings. The first-order valence-electron chi connectivity index (χ1n) is 11.8. The van der Waals surface area contributed by atoms with Crippen molar-refractivity contribution in [3.05, 3.63) is 96.3 Å². The first kappa shape index (κ1) is 24.8. The normalized spacial score (nSPS) is 12.3. The maximum absolute atomic E-state index is 13.3. The van der Waals surface area contributed by atoms with Gasteiger partial charge in [0.25, 0.3) is 5.91 Å². The Balaban J connectivity index is 1.47. The van der Waals surface area contributed by atoms with Crippen LogP contribution in [-0.2, 0) is 6.42 Å². The van der Waals surface area contributed by atoms with E-state index in [9.17, 15) is 23.2 Å². The number of hydrogen-bond donors (Lipinski definition) is 2. The van der Waals surface area contributed by atoms with Gasteiger partial charge >= 0.3 is 6.36 Å². The molecule has 0 fully saturated rings. The van der Waals surface area contributed by atoms with Gasteiger partial charge in [-0.1, -0.05) is 36.4 Å². The van der Waals surface area contributed by atoms with Crippen LogP contribution in [0.5, 0.6) is 5.75 Å². The van der Waals surface area contributed by atoms with Gasteiger partial charge in [0, 0.05) is 34.7 Å². The fourth-order valence-corrected chi connectivity index (χ4v) is 4.47. The predicted octanol–water partition coefficient (Wildman–Crippen LogP) is 6.54. The number of alkyl halides is 3. The Morgan fingerprint density at radius 3 is 2.66 bits per heavy atom. The van der Waals surface area contributed by atoms with Crippen molar-refractivity contribution in [3.63, 3.8) is 0 Å². The van der Waals surface area contributed by atoms with Crippen molar-refractivity contribution in [3.8, 4) is 22.9 Å². The molecule has 3 aromatic carbocycles. The Bertz CT molecular complexity index is 1670. The highest BCUT2D eigenvalue weighted by Crippen LogP contribution is 2.32. The number of halogens is 3. The zero-order valence-corrected chi connectivity index (χ0v) is 19.9. The number of benzene rings is 3. The van der Waals surface area contributed by atoms with Gasteiger partial charge in [0.05, 0.1) is 23.6 Å². The number of carbonyl (C=O) groups excluding carboxylic acids is 1. The van der Waals surface area contributed by atoms with E-state index in [2.05, 4.69) is 26.1 Å². The highest BCUT2D eigenvalue weighted by atomic mass is 19.4. The number of aromatic nitrogens is 2. The van der Waals surface area contributed by atoms with Crippen LogP contribution in [0.25, 0.3) is 32.9 Å². The molecule has 6 nitrogen and oxygen atoms in total. The first-order valence-corrected chi connectivity index (χ1v) is 11.8. The van der Waals surface area contributed by atoms with Crippen LogP contribution in [0, 0.1) is 11.3 Å². The van der Waals surface area contributed by atoms with Crippen molar-refractivity contribution >= 4 is 27.7 Å². The SMILES string of the molecule is N#CCC(Cc1c[nH]c2ccccc12)NC(=O)c1cc(-c2ccc3ncccc3c2)ccc1OC(F)(F)F. The van der Waals surface area contributed by atoms with Crippen molar-refractivity contribution in [2.45, 2.75) is 25.2 Å². The number of H-pyrrole nitrogens is 1. The zero-order chi connectivity index (χ0) is 26.7. The van der Waals surface area contributed by atoms with Gasteiger partial charge in [0.1, 0.15) is 5.75 Å². The number of carbonyl (C=O) groups is 1. The molecular weight excluding hydrogens is 493 g/mol. The Morgan fingerprint density at radius 1 is 1.05 bits per heavy atom. The van der Waals surface area contributed by atoms with Gasteiger partial charge in [-0.2, -0.15) is 5.26 Å².